The largest absolute Gasteiger partial charge is 0.311 e. The normalized spacial score (nSPS) is 13.8. The summed E-state index contributed by atoms with van der Waals surface area (Å²) >= 11 is 1.52. The summed E-state index contributed by atoms with van der Waals surface area (Å²) in [4.78, 5) is 33.6. The van der Waals surface area contributed by atoms with E-state index in [1.54, 1.807) is 11.6 Å². The zero-order valence-electron chi connectivity index (χ0n) is 17.2. The van der Waals surface area contributed by atoms with Crippen LogP contribution in [0.25, 0.3) is 10.9 Å². The molecule has 5 rings (SSSR count). The summed E-state index contributed by atoms with van der Waals surface area (Å²) in [5.74, 6) is -0.305. The van der Waals surface area contributed by atoms with Crippen LogP contribution in [-0.4, -0.2) is 26.9 Å². The van der Waals surface area contributed by atoms with Gasteiger partial charge in [-0.25, -0.2) is 4.98 Å². The molecule has 0 unspecified atom stereocenters. The first-order valence-corrected chi connectivity index (χ1v) is 11.0. The van der Waals surface area contributed by atoms with Gasteiger partial charge in [-0.2, -0.15) is 0 Å². The molecule has 0 spiro atoms. The number of nitrogens with one attached hydrogen (secondary N) is 1. The summed E-state index contributed by atoms with van der Waals surface area (Å²) in [6, 6.07) is 19.3. The lowest BCUT2D eigenvalue weighted by Gasteiger charge is -2.25. The minimum absolute atomic E-state index is 0.209. The maximum atomic E-state index is 13.0. The van der Waals surface area contributed by atoms with E-state index < -0.39 is 0 Å². The predicted octanol–water partition coefficient (Wildman–Crippen LogP) is 3.81. The van der Waals surface area contributed by atoms with Gasteiger partial charge in [-0.05, 0) is 11.6 Å². The fourth-order valence-electron chi connectivity index (χ4n) is 4.04. The minimum Gasteiger partial charge on any atom is -0.311 e. The third-order valence-corrected chi connectivity index (χ3v) is 6.68. The molecule has 0 aliphatic carbocycles. The molecule has 7 heteroatoms. The predicted molar refractivity (Wildman–Crippen MR) is 124 cm³/mol. The lowest BCUT2D eigenvalue weighted by molar-refractivity contribution is 0.102. The lowest BCUT2D eigenvalue weighted by atomic mass is 10.1. The van der Waals surface area contributed by atoms with E-state index >= 15 is 0 Å². The second-order valence-electron chi connectivity index (χ2n) is 7.76. The van der Waals surface area contributed by atoms with Crippen molar-refractivity contribution < 1.29 is 4.79 Å². The Labute approximate surface area is 183 Å². The van der Waals surface area contributed by atoms with Crippen molar-refractivity contribution in [2.75, 3.05) is 11.9 Å². The molecule has 31 heavy (non-hydrogen) atoms. The Morgan fingerprint density at radius 1 is 1.13 bits per heavy atom. The Kier molecular flexibility index (Phi) is 5.13. The molecular weight excluding hydrogens is 408 g/mol. The molecule has 1 aliphatic heterocycles. The number of aromatic nitrogens is 2. The molecule has 3 heterocycles. The first-order chi connectivity index (χ1) is 15.1. The van der Waals surface area contributed by atoms with E-state index in [0.717, 1.165) is 42.7 Å². The van der Waals surface area contributed by atoms with Crippen LogP contribution in [0.1, 0.15) is 26.5 Å². The van der Waals surface area contributed by atoms with Crippen LogP contribution in [0.15, 0.2) is 65.5 Å². The fourth-order valence-corrected chi connectivity index (χ4v) is 5.09. The Morgan fingerprint density at radius 2 is 1.90 bits per heavy atom. The van der Waals surface area contributed by atoms with Crippen LogP contribution in [0, 0.1) is 0 Å². The summed E-state index contributed by atoms with van der Waals surface area (Å²) in [5, 5.41) is 4.25. The van der Waals surface area contributed by atoms with Crippen LogP contribution in [0.2, 0.25) is 0 Å². The van der Waals surface area contributed by atoms with Crippen molar-refractivity contribution in [3.63, 3.8) is 0 Å². The lowest BCUT2D eigenvalue weighted by Crippen LogP contribution is -2.29. The molecule has 2 aromatic heterocycles. The number of benzene rings is 2. The van der Waals surface area contributed by atoms with E-state index in [1.807, 2.05) is 30.3 Å². The number of pyridine rings is 1. The number of fused-ring (bicyclic) bond motifs is 2. The van der Waals surface area contributed by atoms with Gasteiger partial charge >= 0.3 is 0 Å². The maximum Gasteiger partial charge on any atom is 0.258 e. The first-order valence-electron chi connectivity index (χ1n) is 10.2. The van der Waals surface area contributed by atoms with Crippen LogP contribution in [-0.2, 0) is 26.6 Å². The van der Waals surface area contributed by atoms with Crippen LogP contribution < -0.4 is 10.9 Å². The number of carbonyl (C=O) groups excluding carboxylic acids is 1. The second kappa shape index (κ2) is 8.09. The Hall–Kier alpha value is -3.29. The molecule has 0 bridgehead atoms. The van der Waals surface area contributed by atoms with Gasteiger partial charge in [0.25, 0.3) is 11.5 Å². The average molecular weight is 431 g/mol. The topological polar surface area (TPSA) is 67.2 Å². The van der Waals surface area contributed by atoms with Gasteiger partial charge in [-0.15, -0.1) is 11.3 Å². The van der Waals surface area contributed by atoms with Crippen LogP contribution in [0.3, 0.4) is 0 Å². The van der Waals surface area contributed by atoms with Crippen molar-refractivity contribution in [1.82, 2.24) is 14.5 Å². The van der Waals surface area contributed by atoms with Gasteiger partial charge in [0.15, 0.2) is 5.13 Å². The van der Waals surface area contributed by atoms with Crippen LogP contribution in [0.4, 0.5) is 5.13 Å². The molecule has 1 amide bonds. The number of carbonyl (C=O) groups is 1. The van der Waals surface area contributed by atoms with E-state index in [0.29, 0.717) is 10.7 Å². The van der Waals surface area contributed by atoms with Crippen LogP contribution >= 0.6 is 11.3 Å². The highest BCUT2D eigenvalue weighted by Crippen LogP contribution is 2.29. The van der Waals surface area contributed by atoms with Crippen molar-refractivity contribution in [2.45, 2.75) is 19.5 Å². The molecule has 156 valence electrons. The van der Waals surface area contributed by atoms with E-state index in [2.05, 4.69) is 39.5 Å². The third kappa shape index (κ3) is 3.89. The maximum absolute atomic E-state index is 13.0. The zero-order valence-corrected chi connectivity index (χ0v) is 18.0. The smallest absolute Gasteiger partial charge is 0.258 e. The number of thiazole rings is 1. The van der Waals surface area contributed by atoms with Gasteiger partial charge in [0.05, 0.1) is 16.8 Å². The zero-order chi connectivity index (χ0) is 21.4. The van der Waals surface area contributed by atoms with E-state index in [-0.39, 0.29) is 11.5 Å². The van der Waals surface area contributed by atoms with Crippen molar-refractivity contribution in [3.05, 3.63) is 92.7 Å². The van der Waals surface area contributed by atoms with Crippen molar-refractivity contribution >= 4 is 33.3 Å². The van der Waals surface area contributed by atoms with E-state index in [9.17, 15) is 9.59 Å². The second-order valence-corrected chi connectivity index (χ2v) is 8.85. The van der Waals surface area contributed by atoms with Gasteiger partial charge in [0.2, 0.25) is 0 Å². The minimum atomic E-state index is -0.305. The average Bonchev–Trinajstić information content (AvgIpc) is 3.18. The summed E-state index contributed by atoms with van der Waals surface area (Å²) in [7, 11) is 1.71. The van der Waals surface area contributed by atoms with Gasteiger partial charge in [0.1, 0.15) is 0 Å². The molecule has 2 aromatic carbocycles. The van der Waals surface area contributed by atoms with Crippen molar-refractivity contribution in [3.8, 4) is 0 Å². The molecular formula is C24H22N4O2S. The number of amides is 1. The molecule has 0 atom stereocenters. The fraction of sp³-hybridized carbons (Fsp3) is 0.208. The highest BCUT2D eigenvalue weighted by Gasteiger charge is 2.22. The number of aryl methyl sites for hydroxylation is 1. The molecule has 0 radical (unpaired) electrons. The summed E-state index contributed by atoms with van der Waals surface area (Å²) in [5.41, 5.74) is 3.24. The number of anilines is 1. The molecule has 1 N–H and O–H groups in total. The van der Waals surface area contributed by atoms with E-state index in [4.69, 9.17) is 0 Å². The summed E-state index contributed by atoms with van der Waals surface area (Å²) in [6.07, 6.45) is 0.864. The monoisotopic (exact) mass is 430 g/mol. The van der Waals surface area contributed by atoms with E-state index in [1.165, 1.54) is 27.8 Å². The number of hydrogen-bond acceptors (Lipinski definition) is 5. The Bertz CT molecular complexity index is 1330. The molecule has 0 saturated heterocycles. The van der Waals surface area contributed by atoms with Gasteiger partial charge in [-0.3, -0.25) is 19.8 Å². The Morgan fingerprint density at radius 3 is 2.74 bits per heavy atom. The Balaban J connectivity index is 1.36. The van der Waals surface area contributed by atoms with Gasteiger partial charge < -0.3 is 4.57 Å². The number of rotatable bonds is 4. The standard InChI is InChI=1S/C24H22N4O2S/c1-27-20-10-6-5-9-17(20)18(13-22(27)29)23(30)26-24-25-19-11-12-28(15-21(19)31-24)14-16-7-3-2-4-8-16/h2-10,13H,11-12,14-15H2,1H3,(H,25,26,30). The van der Waals surface area contributed by atoms with Gasteiger partial charge in [-0.1, -0.05) is 48.5 Å². The van der Waals surface area contributed by atoms with Gasteiger partial charge in [0, 0.05) is 49.4 Å². The van der Waals surface area contributed by atoms with Crippen molar-refractivity contribution in [2.24, 2.45) is 7.05 Å². The molecule has 4 aromatic rings. The number of para-hydroxylation sites is 1. The van der Waals surface area contributed by atoms with Crippen LogP contribution in [0.5, 0.6) is 0 Å². The first kappa shape index (κ1) is 19.7. The molecule has 6 nitrogen and oxygen atoms in total. The summed E-state index contributed by atoms with van der Waals surface area (Å²) in [6.45, 7) is 2.67. The molecule has 0 fully saturated rings. The molecule has 0 saturated carbocycles. The quantitative estimate of drug-likeness (QED) is 0.535. The highest BCUT2D eigenvalue weighted by molar-refractivity contribution is 7.15. The number of hydrogen-bond donors (Lipinski definition) is 1. The SMILES string of the molecule is Cn1c(=O)cc(C(=O)Nc2nc3c(s2)CN(Cc2ccccc2)CC3)c2ccccc21. The van der Waals surface area contributed by atoms with Crippen molar-refractivity contribution in [1.29, 1.82) is 0 Å². The summed E-state index contributed by atoms with van der Waals surface area (Å²) < 4.78 is 1.55. The molecule has 1 aliphatic rings. The number of nitrogens with zero attached hydrogens (tertiary/aromatic N) is 3. The highest BCUT2D eigenvalue weighted by atomic mass is 32.1. The third-order valence-electron chi connectivity index (χ3n) is 5.68.